The predicted molar refractivity (Wildman–Crippen MR) is 99.1 cm³/mol. The molecule has 0 aromatic rings. The molecule has 0 fully saturated rings. The van der Waals surface area contributed by atoms with E-state index in [4.69, 9.17) is 4.79 Å². The van der Waals surface area contributed by atoms with Crippen LogP contribution < -0.4 is 0 Å². The second kappa shape index (κ2) is 16.0. The Morgan fingerprint density at radius 2 is 0.656 bits per heavy atom. The molecular formula is C18H26O14. The van der Waals surface area contributed by atoms with E-state index < -0.39 is 59.5 Å². The number of carbonyl (C=O) groups excluding carboxylic acids is 7. The van der Waals surface area contributed by atoms with E-state index in [1.165, 1.54) is 7.11 Å². The Hall–Kier alpha value is -3.71. The summed E-state index contributed by atoms with van der Waals surface area (Å²) in [5.74, 6) is -15.8. The van der Waals surface area contributed by atoms with Crippen molar-refractivity contribution in [3.63, 3.8) is 0 Å². The second-order valence-corrected chi connectivity index (χ2v) is 5.48. The van der Waals surface area contributed by atoms with Gasteiger partial charge in [-0.25, -0.2) is 0 Å². The minimum absolute atomic E-state index is 0.375. The summed E-state index contributed by atoms with van der Waals surface area (Å²) in [5.41, 5.74) is 0. The number of rotatable bonds is 10. The van der Waals surface area contributed by atoms with Crippen molar-refractivity contribution >= 4 is 42.3 Å². The van der Waals surface area contributed by atoms with Crippen LogP contribution in [0.25, 0.3) is 0 Å². The van der Waals surface area contributed by atoms with E-state index >= 15 is 0 Å². The Morgan fingerprint density at radius 3 is 0.781 bits per heavy atom. The molecule has 0 aliphatic rings. The number of hydrogen-bond donors (Lipinski definition) is 0. The van der Waals surface area contributed by atoms with Gasteiger partial charge in [0.1, 0.15) is 0 Å². The van der Waals surface area contributed by atoms with E-state index in [1.807, 2.05) is 0 Å². The maximum absolute atomic E-state index is 12.4. The van der Waals surface area contributed by atoms with Crippen molar-refractivity contribution in [2.45, 2.75) is 0 Å². The Labute approximate surface area is 183 Å². The van der Waals surface area contributed by atoms with Gasteiger partial charge >= 0.3 is 35.8 Å². The van der Waals surface area contributed by atoms with Crippen LogP contribution in [-0.2, 0) is 66.7 Å². The van der Waals surface area contributed by atoms with E-state index in [0.717, 1.165) is 42.7 Å². The third-order valence-electron chi connectivity index (χ3n) is 3.97. The molecule has 14 heteroatoms. The molecule has 0 amide bonds. The van der Waals surface area contributed by atoms with Gasteiger partial charge in [-0.1, -0.05) is 0 Å². The summed E-state index contributed by atoms with van der Waals surface area (Å²) in [7, 11) is 6.78. The van der Waals surface area contributed by atoms with Crippen molar-refractivity contribution in [2.75, 3.05) is 49.8 Å². The number of hydrogen-bond acceptors (Lipinski definition) is 14. The standard InChI is InChI=1S/C16H22O12.C2H4O2/c1-23-11(17)7(9(13(19)25-3)14(20)26-4)8(12(18)24-2)10(15(21)27-5)16(22)28-6;1-4-2-3/h7-10H,1-6H3;2H,1H3. The molecule has 0 bridgehead atoms. The molecule has 32 heavy (non-hydrogen) atoms. The molecular weight excluding hydrogens is 440 g/mol. The van der Waals surface area contributed by atoms with Gasteiger partial charge < -0.3 is 33.2 Å². The van der Waals surface area contributed by atoms with Crippen molar-refractivity contribution in [3.05, 3.63) is 0 Å². The van der Waals surface area contributed by atoms with E-state index in [0.29, 0.717) is 6.47 Å². The molecule has 0 aromatic heterocycles. The minimum Gasteiger partial charge on any atom is -0.471 e. The first-order chi connectivity index (χ1) is 15.1. The SMILES string of the molecule is COC(=O)C(C(=O)OC)C(C(=O)OC)C(C(=O)OC)C(C(=O)OC)C(=O)OC.COC=O. The third-order valence-corrected chi connectivity index (χ3v) is 3.97. The first kappa shape index (κ1) is 30.5. The fourth-order valence-electron chi connectivity index (χ4n) is 2.54. The topological polar surface area (TPSA) is 184 Å². The number of carbonyl (C=O) groups is 7. The Morgan fingerprint density at radius 1 is 0.469 bits per heavy atom. The molecule has 0 rings (SSSR count). The van der Waals surface area contributed by atoms with E-state index in [-0.39, 0.29) is 0 Å². The lowest BCUT2D eigenvalue weighted by molar-refractivity contribution is -0.182. The molecule has 2 atom stereocenters. The first-order valence-corrected chi connectivity index (χ1v) is 8.51. The molecule has 0 saturated heterocycles. The molecule has 0 radical (unpaired) electrons. The van der Waals surface area contributed by atoms with Crippen LogP contribution in [0, 0.1) is 23.7 Å². The summed E-state index contributed by atoms with van der Waals surface area (Å²) in [5, 5.41) is 0. The van der Waals surface area contributed by atoms with Crippen LogP contribution in [0.3, 0.4) is 0 Å². The van der Waals surface area contributed by atoms with Crippen LogP contribution in [0.5, 0.6) is 0 Å². The smallest absolute Gasteiger partial charge is 0.320 e. The minimum atomic E-state index is -2.05. The van der Waals surface area contributed by atoms with Crippen LogP contribution in [0.4, 0.5) is 0 Å². The van der Waals surface area contributed by atoms with Crippen molar-refractivity contribution in [3.8, 4) is 0 Å². The number of methoxy groups -OCH3 is 7. The maximum Gasteiger partial charge on any atom is 0.320 e. The maximum atomic E-state index is 12.4. The van der Waals surface area contributed by atoms with Crippen LogP contribution in [0.2, 0.25) is 0 Å². The van der Waals surface area contributed by atoms with Crippen LogP contribution >= 0.6 is 0 Å². The van der Waals surface area contributed by atoms with Crippen molar-refractivity contribution in [1.29, 1.82) is 0 Å². The van der Waals surface area contributed by atoms with Gasteiger partial charge in [0.2, 0.25) is 0 Å². The highest BCUT2D eigenvalue weighted by Gasteiger charge is 2.56. The van der Waals surface area contributed by atoms with Gasteiger partial charge in [-0.3, -0.25) is 33.6 Å². The fourth-order valence-corrected chi connectivity index (χ4v) is 2.54. The lowest BCUT2D eigenvalue weighted by Crippen LogP contribution is -2.50. The van der Waals surface area contributed by atoms with Crippen LogP contribution in [-0.4, -0.2) is 92.1 Å². The zero-order valence-corrected chi connectivity index (χ0v) is 18.6. The largest absolute Gasteiger partial charge is 0.471 e. The van der Waals surface area contributed by atoms with Gasteiger partial charge in [-0.05, 0) is 0 Å². The quantitative estimate of drug-likeness (QED) is 0.153. The Bertz CT molecular complexity index is 599. The van der Waals surface area contributed by atoms with Gasteiger partial charge in [0, 0.05) is 0 Å². The highest BCUT2D eigenvalue weighted by molar-refractivity contribution is 6.04. The van der Waals surface area contributed by atoms with Crippen LogP contribution in [0.1, 0.15) is 0 Å². The molecule has 0 aliphatic heterocycles. The molecule has 0 aromatic carbocycles. The van der Waals surface area contributed by atoms with E-state index in [9.17, 15) is 28.8 Å². The van der Waals surface area contributed by atoms with Gasteiger partial charge in [0.25, 0.3) is 6.47 Å². The summed E-state index contributed by atoms with van der Waals surface area (Å²) in [6.07, 6.45) is 0. The first-order valence-electron chi connectivity index (χ1n) is 8.51. The zero-order chi connectivity index (χ0) is 25.4. The molecule has 2 unspecified atom stereocenters. The highest BCUT2D eigenvalue weighted by Crippen LogP contribution is 2.33. The number of ether oxygens (including phenoxy) is 7. The summed E-state index contributed by atoms with van der Waals surface area (Å²) in [6.45, 7) is 0.375. The van der Waals surface area contributed by atoms with Gasteiger partial charge in [0.15, 0.2) is 11.8 Å². The van der Waals surface area contributed by atoms with Crippen molar-refractivity contribution < 1.29 is 66.7 Å². The summed E-state index contributed by atoms with van der Waals surface area (Å²) >= 11 is 0. The molecule has 0 aliphatic carbocycles. The molecule has 0 saturated carbocycles. The second-order valence-electron chi connectivity index (χ2n) is 5.48. The number of esters is 6. The van der Waals surface area contributed by atoms with Crippen LogP contribution in [0.15, 0.2) is 0 Å². The summed E-state index contributed by atoms with van der Waals surface area (Å²) < 4.78 is 31.0. The van der Waals surface area contributed by atoms with Crippen molar-refractivity contribution in [2.24, 2.45) is 23.7 Å². The average molecular weight is 466 g/mol. The Balaban J connectivity index is 0. The van der Waals surface area contributed by atoms with Gasteiger partial charge in [0.05, 0.1) is 61.6 Å². The fraction of sp³-hybridized carbons (Fsp3) is 0.611. The molecule has 182 valence electrons. The third kappa shape index (κ3) is 8.20. The summed E-state index contributed by atoms with van der Waals surface area (Å²) in [4.78, 5) is 82.5. The lowest BCUT2D eigenvalue weighted by Gasteiger charge is -2.30. The highest BCUT2D eigenvalue weighted by atomic mass is 16.6. The normalized spacial score (nSPS) is 11.5. The summed E-state index contributed by atoms with van der Waals surface area (Å²) in [6, 6.07) is 0. The zero-order valence-electron chi connectivity index (χ0n) is 18.6. The van der Waals surface area contributed by atoms with E-state index in [2.05, 4.69) is 33.2 Å². The molecule has 0 N–H and O–H groups in total. The van der Waals surface area contributed by atoms with Gasteiger partial charge in [-0.15, -0.1) is 0 Å². The average Bonchev–Trinajstić information content (AvgIpc) is 2.83. The van der Waals surface area contributed by atoms with E-state index in [1.54, 1.807) is 0 Å². The Kier molecular flexibility index (Phi) is 15.3. The monoisotopic (exact) mass is 466 g/mol. The van der Waals surface area contributed by atoms with Crippen molar-refractivity contribution in [1.82, 2.24) is 0 Å². The lowest BCUT2D eigenvalue weighted by atomic mass is 9.74. The predicted octanol–water partition coefficient (Wildman–Crippen LogP) is -1.72. The molecule has 0 spiro atoms. The van der Waals surface area contributed by atoms with Gasteiger partial charge in [-0.2, -0.15) is 0 Å². The molecule has 14 nitrogen and oxygen atoms in total. The molecule has 0 heterocycles.